The summed E-state index contributed by atoms with van der Waals surface area (Å²) in [5.74, 6) is 0.267. The van der Waals surface area contributed by atoms with E-state index >= 15 is 0 Å². The minimum Gasteiger partial charge on any atom is -0.388 e. The second kappa shape index (κ2) is 4.75. The van der Waals surface area contributed by atoms with Crippen LogP contribution >= 0.6 is 0 Å². The van der Waals surface area contributed by atoms with Crippen molar-refractivity contribution in [1.29, 1.82) is 5.41 Å². The molecule has 14 heavy (non-hydrogen) atoms. The Morgan fingerprint density at radius 2 is 2.29 bits per heavy atom. The molecule has 82 valence electrons. The average molecular weight is 199 g/mol. The van der Waals surface area contributed by atoms with Crippen molar-refractivity contribution in [2.24, 2.45) is 5.73 Å². The number of hydrogen-bond donors (Lipinski definition) is 2. The number of hydrogen-bond acceptors (Lipinski definition) is 3. The molecule has 0 bridgehead atoms. The second-order valence-electron chi connectivity index (χ2n) is 4.27. The molecule has 4 heteroatoms. The number of nitrogens with zero attached hydrogens (tertiary/aromatic N) is 1. The zero-order chi connectivity index (χ0) is 10.7. The highest BCUT2D eigenvalue weighted by Gasteiger charge is 2.27. The Balaban J connectivity index is 2.51. The van der Waals surface area contributed by atoms with Gasteiger partial charge in [0.2, 0.25) is 0 Å². The van der Waals surface area contributed by atoms with Crippen molar-refractivity contribution in [2.75, 3.05) is 13.2 Å². The monoisotopic (exact) mass is 199 g/mol. The van der Waals surface area contributed by atoms with Gasteiger partial charge in [-0.3, -0.25) is 10.3 Å². The van der Waals surface area contributed by atoms with Crippen molar-refractivity contribution < 1.29 is 4.74 Å². The van der Waals surface area contributed by atoms with Crippen molar-refractivity contribution in [2.45, 2.75) is 45.4 Å². The molecule has 1 aliphatic heterocycles. The molecule has 3 atom stereocenters. The van der Waals surface area contributed by atoms with Gasteiger partial charge in [-0.1, -0.05) is 0 Å². The molecule has 0 aromatic heterocycles. The van der Waals surface area contributed by atoms with Crippen molar-refractivity contribution in [3.63, 3.8) is 0 Å². The van der Waals surface area contributed by atoms with Gasteiger partial charge in [0.1, 0.15) is 0 Å². The minimum atomic E-state index is 0.267. The first-order valence-electron chi connectivity index (χ1n) is 5.21. The summed E-state index contributed by atoms with van der Waals surface area (Å²) >= 11 is 0. The molecule has 0 saturated carbocycles. The van der Waals surface area contributed by atoms with Gasteiger partial charge in [0.25, 0.3) is 0 Å². The van der Waals surface area contributed by atoms with Crippen LogP contribution in [0.25, 0.3) is 0 Å². The Kier molecular flexibility index (Phi) is 3.89. The van der Waals surface area contributed by atoms with Crippen LogP contribution in [0.15, 0.2) is 0 Å². The lowest BCUT2D eigenvalue weighted by atomic mass is 10.1. The van der Waals surface area contributed by atoms with Crippen LogP contribution in [0.5, 0.6) is 0 Å². The number of nitrogens with one attached hydrogen (secondary N) is 1. The highest BCUT2D eigenvalue weighted by Crippen LogP contribution is 2.16. The number of amidine groups is 1. The maximum Gasteiger partial charge on any atom is 0.0920 e. The summed E-state index contributed by atoms with van der Waals surface area (Å²) in [5.41, 5.74) is 5.41. The van der Waals surface area contributed by atoms with E-state index in [9.17, 15) is 0 Å². The predicted molar refractivity (Wildman–Crippen MR) is 57.6 cm³/mol. The number of rotatable bonds is 3. The summed E-state index contributed by atoms with van der Waals surface area (Å²) < 4.78 is 5.55. The first-order valence-corrected chi connectivity index (χ1v) is 5.21. The molecule has 0 aromatic carbocycles. The summed E-state index contributed by atoms with van der Waals surface area (Å²) in [7, 11) is 0. The highest BCUT2D eigenvalue weighted by molar-refractivity contribution is 5.77. The summed E-state index contributed by atoms with van der Waals surface area (Å²) in [6.45, 7) is 8.08. The molecular weight excluding hydrogens is 178 g/mol. The molecule has 1 aliphatic rings. The number of nitrogens with two attached hydrogens (primary N) is 1. The second-order valence-corrected chi connectivity index (χ2v) is 4.27. The molecule has 4 nitrogen and oxygen atoms in total. The first-order chi connectivity index (χ1) is 6.50. The minimum absolute atomic E-state index is 0.267. The fourth-order valence-corrected chi connectivity index (χ4v) is 1.98. The molecule has 0 amide bonds. The van der Waals surface area contributed by atoms with Crippen molar-refractivity contribution >= 4 is 5.84 Å². The van der Waals surface area contributed by atoms with Crippen LogP contribution in [0.1, 0.15) is 27.2 Å². The lowest BCUT2D eigenvalue weighted by Crippen LogP contribution is -2.51. The Labute approximate surface area is 85.9 Å². The smallest absolute Gasteiger partial charge is 0.0920 e. The fourth-order valence-electron chi connectivity index (χ4n) is 1.98. The lowest BCUT2D eigenvalue weighted by molar-refractivity contribution is -0.0623. The van der Waals surface area contributed by atoms with Gasteiger partial charge >= 0.3 is 0 Å². The third-order valence-corrected chi connectivity index (χ3v) is 2.74. The average Bonchev–Trinajstić information content (AvgIpc) is 2.08. The Hall–Kier alpha value is -0.610. The van der Waals surface area contributed by atoms with Gasteiger partial charge < -0.3 is 10.5 Å². The van der Waals surface area contributed by atoms with Crippen LogP contribution in [-0.4, -0.2) is 42.1 Å². The SMILES string of the molecule is CC1CN(C(C)CC(=N)N)C(C)CO1. The Morgan fingerprint density at radius 1 is 1.64 bits per heavy atom. The van der Waals surface area contributed by atoms with E-state index in [0.717, 1.165) is 13.2 Å². The topological polar surface area (TPSA) is 62.3 Å². The molecule has 3 unspecified atom stereocenters. The van der Waals surface area contributed by atoms with E-state index in [1.54, 1.807) is 0 Å². The summed E-state index contributed by atoms with van der Waals surface area (Å²) in [6.07, 6.45) is 0.942. The van der Waals surface area contributed by atoms with Crippen LogP contribution in [0.3, 0.4) is 0 Å². The lowest BCUT2D eigenvalue weighted by Gasteiger charge is -2.40. The van der Waals surface area contributed by atoms with E-state index in [0.29, 0.717) is 24.6 Å². The summed E-state index contributed by atoms with van der Waals surface area (Å²) in [6, 6.07) is 0.773. The number of ether oxygens (including phenoxy) is 1. The fraction of sp³-hybridized carbons (Fsp3) is 0.900. The van der Waals surface area contributed by atoms with E-state index in [2.05, 4.69) is 25.7 Å². The van der Waals surface area contributed by atoms with Gasteiger partial charge in [-0.05, 0) is 20.8 Å². The molecular formula is C10H21N3O. The molecule has 0 aliphatic carbocycles. The first kappa shape index (κ1) is 11.5. The normalized spacial score (nSPS) is 31.4. The van der Waals surface area contributed by atoms with Crippen LogP contribution in [-0.2, 0) is 4.74 Å². The van der Waals surface area contributed by atoms with Gasteiger partial charge in [-0.25, -0.2) is 0 Å². The zero-order valence-corrected chi connectivity index (χ0v) is 9.29. The van der Waals surface area contributed by atoms with Crippen LogP contribution in [0.4, 0.5) is 0 Å². The molecule has 1 saturated heterocycles. The van der Waals surface area contributed by atoms with Gasteiger partial charge in [0.15, 0.2) is 0 Å². The van der Waals surface area contributed by atoms with Crippen LogP contribution in [0, 0.1) is 5.41 Å². The Morgan fingerprint density at radius 3 is 2.86 bits per heavy atom. The molecule has 3 N–H and O–H groups in total. The predicted octanol–water partition coefficient (Wildman–Crippen LogP) is 0.810. The molecule has 1 heterocycles. The van der Waals surface area contributed by atoms with Gasteiger partial charge in [0.05, 0.1) is 18.5 Å². The summed E-state index contributed by atoms with van der Waals surface area (Å²) in [4.78, 5) is 2.37. The van der Waals surface area contributed by atoms with Crippen molar-refractivity contribution in [3.8, 4) is 0 Å². The van der Waals surface area contributed by atoms with Gasteiger partial charge in [-0.15, -0.1) is 0 Å². The van der Waals surface area contributed by atoms with E-state index in [1.807, 2.05) is 0 Å². The van der Waals surface area contributed by atoms with Gasteiger partial charge in [-0.2, -0.15) is 0 Å². The number of morpholine rings is 1. The molecule has 1 fully saturated rings. The van der Waals surface area contributed by atoms with Gasteiger partial charge in [0, 0.05) is 25.0 Å². The maximum atomic E-state index is 7.28. The largest absolute Gasteiger partial charge is 0.388 e. The van der Waals surface area contributed by atoms with Crippen LogP contribution < -0.4 is 5.73 Å². The van der Waals surface area contributed by atoms with Crippen molar-refractivity contribution in [3.05, 3.63) is 0 Å². The quantitative estimate of drug-likeness (QED) is 0.522. The zero-order valence-electron chi connectivity index (χ0n) is 9.29. The third kappa shape index (κ3) is 2.96. The molecule has 0 radical (unpaired) electrons. The van der Waals surface area contributed by atoms with E-state index < -0.39 is 0 Å². The van der Waals surface area contributed by atoms with Crippen LogP contribution in [0.2, 0.25) is 0 Å². The maximum absolute atomic E-state index is 7.28. The van der Waals surface area contributed by atoms with E-state index in [1.165, 1.54) is 0 Å². The Bertz CT molecular complexity index is 208. The van der Waals surface area contributed by atoms with E-state index in [4.69, 9.17) is 15.9 Å². The summed E-state index contributed by atoms with van der Waals surface area (Å²) in [5, 5.41) is 7.28. The molecule has 1 rings (SSSR count). The molecule has 0 spiro atoms. The standard InChI is InChI=1S/C10H21N3O/c1-7(4-10(11)12)13-5-9(3)14-6-8(13)2/h7-9H,4-6H2,1-3H3,(H3,11,12). The third-order valence-electron chi connectivity index (χ3n) is 2.74. The van der Waals surface area contributed by atoms with Crippen molar-refractivity contribution in [1.82, 2.24) is 4.90 Å². The highest BCUT2D eigenvalue weighted by atomic mass is 16.5. The molecule has 0 aromatic rings. The van der Waals surface area contributed by atoms with E-state index in [-0.39, 0.29) is 5.84 Å².